The second kappa shape index (κ2) is 4.87. The second-order valence-corrected chi connectivity index (χ2v) is 4.97. The van der Waals surface area contributed by atoms with Crippen molar-refractivity contribution in [3.8, 4) is 6.07 Å². The molecular weight excluding hydrogens is 238 g/mol. The molecule has 1 unspecified atom stereocenters. The number of fused-ring (bicyclic) bond motifs is 1. The molecule has 1 aliphatic carbocycles. The first-order valence-corrected chi connectivity index (χ1v) is 6.50. The maximum atomic E-state index is 9.83. The van der Waals surface area contributed by atoms with Crippen molar-refractivity contribution in [3.63, 3.8) is 0 Å². The average Bonchev–Trinajstić information content (AvgIpc) is 3.28. The van der Waals surface area contributed by atoms with Crippen LogP contribution in [-0.4, -0.2) is 22.7 Å². The Morgan fingerprint density at radius 3 is 2.95 bits per heavy atom. The summed E-state index contributed by atoms with van der Waals surface area (Å²) in [6.45, 7) is 0.487. The van der Waals surface area contributed by atoms with Crippen LogP contribution in [0.5, 0.6) is 0 Å². The monoisotopic (exact) mass is 253 g/mol. The number of hydrogen-bond acceptors (Lipinski definition) is 4. The Morgan fingerprint density at radius 2 is 2.21 bits per heavy atom. The van der Waals surface area contributed by atoms with Crippen molar-refractivity contribution in [2.45, 2.75) is 18.9 Å². The maximum absolute atomic E-state index is 9.83. The van der Waals surface area contributed by atoms with Crippen molar-refractivity contribution in [1.29, 1.82) is 5.26 Å². The van der Waals surface area contributed by atoms with E-state index >= 15 is 0 Å². The summed E-state index contributed by atoms with van der Waals surface area (Å²) < 4.78 is 0. The molecule has 19 heavy (non-hydrogen) atoms. The molecule has 0 saturated heterocycles. The molecule has 96 valence electrons. The van der Waals surface area contributed by atoms with Gasteiger partial charge in [0, 0.05) is 11.9 Å². The molecule has 2 N–H and O–H groups in total. The highest BCUT2D eigenvalue weighted by Gasteiger charge is 2.29. The number of nitriles is 1. The quantitative estimate of drug-likeness (QED) is 0.877. The summed E-state index contributed by atoms with van der Waals surface area (Å²) in [5.41, 5.74) is 1.40. The normalized spacial score (nSPS) is 16.0. The molecule has 1 saturated carbocycles. The molecule has 1 atom stereocenters. The molecule has 1 aromatic heterocycles. The molecule has 1 fully saturated rings. The minimum absolute atomic E-state index is 0.321. The second-order valence-electron chi connectivity index (χ2n) is 4.97. The SMILES string of the molecule is N#Cc1cc(NCC(O)C2CC2)nc2ccccc12. The predicted molar refractivity (Wildman–Crippen MR) is 73.7 cm³/mol. The third-order valence-corrected chi connectivity index (χ3v) is 3.50. The van der Waals surface area contributed by atoms with Crippen molar-refractivity contribution in [2.24, 2.45) is 5.92 Å². The fourth-order valence-corrected chi connectivity index (χ4v) is 2.22. The summed E-state index contributed by atoms with van der Waals surface area (Å²) in [6.07, 6.45) is 1.90. The number of aliphatic hydroxyl groups is 1. The summed E-state index contributed by atoms with van der Waals surface area (Å²) >= 11 is 0. The Balaban J connectivity index is 1.85. The minimum atomic E-state index is -0.321. The summed E-state index contributed by atoms with van der Waals surface area (Å²) in [6, 6.07) is 11.5. The van der Waals surface area contributed by atoms with Gasteiger partial charge >= 0.3 is 0 Å². The van der Waals surface area contributed by atoms with Gasteiger partial charge in [-0.25, -0.2) is 4.98 Å². The summed E-state index contributed by atoms with van der Waals surface area (Å²) in [5.74, 6) is 1.08. The van der Waals surface area contributed by atoms with Crippen molar-refractivity contribution < 1.29 is 5.11 Å². The first kappa shape index (κ1) is 11.9. The molecule has 0 amide bonds. The highest BCUT2D eigenvalue weighted by Crippen LogP contribution is 2.32. The van der Waals surface area contributed by atoms with Gasteiger partial charge in [-0.15, -0.1) is 0 Å². The van der Waals surface area contributed by atoms with E-state index in [1.165, 1.54) is 0 Å². The zero-order chi connectivity index (χ0) is 13.2. The summed E-state index contributed by atoms with van der Waals surface area (Å²) in [5, 5.41) is 23.0. The molecular formula is C15H15N3O. The Hall–Kier alpha value is -2.12. The number of hydrogen-bond donors (Lipinski definition) is 2. The van der Waals surface area contributed by atoms with E-state index in [0.717, 1.165) is 23.7 Å². The van der Waals surface area contributed by atoms with E-state index in [-0.39, 0.29) is 6.10 Å². The van der Waals surface area contributed by atoms with Gasteiger partial charge in [-0.05, 0) is 30.9 Å². The van der Waals surface area contributed by atoms with Gasteiger partial charge in [0.15, 0.2) is 0 Å². The van der Waals surface area contributed by atoms with E-state index in [9.17, 15) is 10.4 Å². The van der Waals surface area contributed by atoms with Crippen LogP contribution in [0.4, 0.5) is 5.82 Å². The number of anilines is 1. The summed E-state index contributed by atoms with van der Waals surface area (Å²) in [4.78, 5) is 4.46. The van der Waals surface area contributed by atoms with Gasteiger partial charge in [0.1, 0.15) is 5.82 Å². The van der Waals surface area contributed by atoms with E-state index in [1.807, 2.05) is 24.3 Å². The van der Waals surface area contributed by atoms with Crippen LogP contribution in [-0.2, 0) is 0 Å². The Bertz CT molecular complexity index is 643. The first-order chi connectivity index (χ1) is 9.28. The number of aromatic nitrogens is 1. The van der Waals surface area contributed by atoms with E-state index in [0.29, 0.717) is 23.8 Å². The number of rotatable bonds is 4. The fraction of sp³-hybridized carbons (Fsp3) is 0.333. The smallest absolute Gasteiger partial charge is 0.128 e. The lowest BCUT2D eigenvalue weighted by molar-refractivity contribution is 0.164. The van der Waals surface area contributed by atoms with E-state index < -0.39 is 0 Å². The van der Waals surface area contributed by atoms with Crippen molar-refractivity contribution in [1.82, 2.24) is 4.98 Å². The fourth-order valence-electron chi connectivity index (χ4n) is 2.22. The lowest BCUT2D eigenvalue weighted by Gasteiger charge is -2.12. The molecule has 0 radical (unpaired) electrons. The third kappa shape index (κ3) is 2.51. The number of aliphatic hydroxyl groups excluding tert-OH is 1. The highest BCUT2D eigenvalue weighted by molar-refractivity contribution is 5.86. The van der Waals surface area contributed by atoms with Crippen LogP contribution >= 0.6 is 0 Å². The molecule has 1 heterocycles. The number of benzene rings is 1. The van der Waals surface area contributed by atoms with Gasteiger partial charge in [0.25, 0.3) is 0 Å². The number of para-hydroxylation sites is 1. The zero-order valence-electron chi connectivity index (χ0n) is 10.5. The molecule has 0 bridgehead atoms. The molecule has 2 aromatic rings. The molecule has 4 nitrogen and oxygen atoms in total. The zero-order valence-corrected chi connectivity index (χ0v) is 10.5. The topological polar surface area (TPSA) is 68.9 Å². The van der Waals surface area contributed by atoms with Crippen molar-refractivity contribution in [3.05, 3.63) is 35.9 Å². The molecule has 1 aromatic carbocycles. The van der Waals surface area contributed by atoms with Gasteiger partial charge in [-0.1, -0.05) is 18.2 Å². The highest BCUT2D eigenvalue weighted by atomic mass is 16.3. The van der Waals surface area contributed by atoms with E-state index in [1.54, 1.807) is 6.07 Å². The lowest BCUT2D eigenvalue weighted by atomic mass is 10.1. The van der Waals surface area contributed by atoms with Gasteiger partial charge < -0.3 is 10.4 Å². The predicted octanol–water partition coefficient (Wildman–Crippen LogP) is 2.29. The first-order valence-electron chi connectivity index (χ1n) is 6.50. The van der Waals surface area contributed by atoms with E-state index in [2.05, 4.69) is 16.4 Å². The van der Waals surface area contributed by atoms with Gasteiger partial charge in [-0.2, -0.15) is 5.26 Å². The number of nitrogens with one attached hydrogen (secondary N) is 1. The minimum Gasteiger partial charge on any atom is -0.391 e. The molecule has 0 spiro atoms. The summed E-state index contributed by atoms with van der Waals surface area (Å²) in [7, 11) is 0. The van der Waals surface area contributed by atoms with Crippen LogP contribution in [0.1, 0.15) is 18.4 Å². The average molecular weight is 253 g/mol. The molecule has 3 rings (SSSR count). The Morgan fingerprint density at radius 1 is 1.42 bits per heavy atom. The van der Waals surface area contributed by atoms with Crippen LogP contribution < -0.4 is 5.32 Å². The Kier molecular flexibility index (Phi) is 3.06. The van der Waals surface area contributed by atoms with Gasteiger partial charge in [-0.3, -0.25) is 0 Å². The number of nitrogens with zero attached hydrogens (tertiary/aromatic N) is 2. The Labute approximate surface area is 111 Å². The van der Waals surface area contributed by atoms with Crippen LogP contribution in [0.3, 0.4) is 0 Å². The van der Waals surface area contributed by atoms with Crippen LogP contribution in [0.25, 0.3) is 10.9 Å². The number of pyridine rings is 1. The van der Waals surface area contributed by atoms with Crippen LogP contribution in [0, 0.1) is 17.2 Å². The molecule has 0 aliphatic heterocycles. The third-order valence-electron chi connectivity index (χ3n) is 3.50. The standard InChI is InChI=1S/C15H15N3O/c16-8-11-7-15(17-9-14(19)10-5-6-10)18-13-4-2-1-3-12(11)13/h1-4,7,10,14,19H,5-6,9H2,(H,17,18). The van der Waals surface area contributed by atoms with Crippen molar-refractivity contribution in [2.75, 3.05) is 11.9 Å². The maximum Gasteiger partial charge on any atom is 0.128 e. The van der Waals surface area contributed by atoms with E-state index in [4.69, 9.17) is 0 Å². The molecule has 1 aliphatic rings. The van der Waals surface area contributed by atoms with Gasteiger partial charge in [0.05, 0.1) is 23.3 Å². The van der Waals surface area contributed by atoms with Crippen LogP contribution in [0.2, 0.25) is 0 Å². The van der Waals surface area contributed by atoms with Crippen molar-refractivity contribution >= 4 is 16.7 Å². The van der Waals surface area contributed by atoms with Crippen LogP contribution in [0.15, 0.2) is 30.3 Å². The largest absolute Gasteiger partial charge is 0.391 e. The van der Waals surface area contributed by atoms with Gasteiger partial charge in [0.2, 0.25) is 0 Å². The molecule has 4 heteroatoms. The lowest BCUT2D eigenvalue weighted by Crippen LogP contribution is -2.21.